The number of unbranched alkanes of at least 4 members (excludes halogenated alkanes) is 3. The first kappa shape index (κ1) is 17.4. The van der Waals surface area contributed by atoms with Crippen LogP contribution in [-0.2, 0) is 9.47 Å². The van der Waals surface area contributed by atoms with E-state index in [0.717, 1.165) is 13.2 Å². The van der Waals surface area contributed by atoms with Gasteiger partial charge in [-0.1, -0.05) is 0 Å². The Kier molecular flexibility index (Phi) is 7.29. The molecule has 0 atom stereocenters. The molecule has 1 aliphatic heterocycles. The van der Waals surface area contributed by atoms with Crippen molar-refractivity contribution in [2.75, 3.05) is 38.4 Å². The second-order valence-corrected chi connectivity index (χ2v) is 13.3. The molecule has 116 valence electrons. The molecule has 19 heavy (non-hydrogen) atoms. The van der Waals surface area contributed by atoms with Crippen LogP contribution in [0.1, 0.15) is 59.3 Å². The van der Waals surface area contributed by atoms with E-state index in [0.29, 0.717) is 0 Å². The average molecular weight is 290 g/mol. The van der Waals surface area contributed by atoms with Gasteiger partial charge in [0.1, 0.15) is 0 Å². The fourth-order valence-electron chi connectivity index (χ4n) is 3.36. The summed E-state index contributed by atoms with van der Waals surface area (Å²) in [7, 11) is 0. The minimum atomic E-state index is -1.86. The molecule has 0 amide bonds. The van der Waals surface area contributed by atoms with Gasteiger partial charge in [0, 0.05) is 0 Å². The van der Waals surface area contributed by atoms with Crippen molar-refractivity contribution in [3.05, 3.63) is 0 Å². The van der Waals surface area contributed by atoms with Crippen molar-refractivity contribution in [2.45, 2.75) is 65.3 Å². The fraction of sp³-hybridized carbons (Fsp3) is 1.00. The van der Waals surface area contributed by atoms with Crippen LogP contribution in [0, 0.1) is 0 Å². The monoisotopic (exact) mass is 290 g/mol. The zero-order valence-corrected chi connectivity index (χ0v) is 14.5. The number of ether oxygens (including phenoxy) is 2. The third-order valence-electron chi connectivity index (χ3n) is 4.80. The van der Waals surface area contributed by atoms with Crippen LogP contribution in [-0.4, -0.2) is 44.4 Å². The van der Waals surface area contributed by atoms with Crippen molar-refractivity contribution in [2.24, 2.45) is 0 Å². The zero-order valence-electron chi connectivity index (χ0n) is 13.6. The molecule has 2 nitrogen and oxygen atoms in total. The van der Waals surface area contributed by atoms with Crippen LogP contribution >= 0.6 is 6.60 Å². The number of hydrogen-bond acceptors (Lipinski definition) is 2. The first-order valence-corrected chi connectivity index (χ1v) is 11.6. The quantitative estimate of drug-likeness (QED) is 0.533. The normalized spacial score (nSPS) is 19.5. The van der Waals surface area contributed by atoms with E-state index in [1.165, 1.54) is 57.0 Å². The van der Waals surface area contributed by atoms with Gasteiger partial charge < -0.3 is 0 Å². The Morgan fingerprint density at radius 2 is 1.16 bits per heavy atom. The van der Waals surface area contributed by atoms with E-state index >= 15 is 0 Å². The Hall–Kier alpha value is 0.350. The van der Waals surface area contributed by atoms with E-state index in [9.17, 15) is 0 Å². The maximum absolute atomic E-state index is 6.05. The molecule has 0 N–H and O–H groups in total. The van der Waals surface area contributed by atoms with E-state index in [2.05, 4.69) is 27.4 Å². The Balaban J connectivity index is 2.91. The average Bonchev–Trinajstić information content (AvgIpc) is 2.97. The second kappa shape index (κ2) is 7.96. The predicted octanol–water partition coefficient (Wildman–Crippen LogP) is 4.90. The van der Waals surface area contributed by atoms with Crippen LogP contribution < -0.4 is 0 Å². The molecule has 0 aromatic carbocycles. The topological polar surface area (TPSA) is 18.5 Å². The van der Waals surface area contributed by atoms with Crippen LogP contribution in [0.3, 0.4) is 0 Å². The first-order chi connectivity index (χ1) is 9.09. The van der Waals surface area contributed by atoms with Crippen LogP contribution in [0.4, 0.5) is 0 Å². The van der Waals surface area contributed by atoms with Crippen LogP contribution in [0.15, 0.2) is 0 Å². The van der Waals surface area contributed by atoms with Gasteiger partial charge in [0.15, 0.2) is 0 Å². The molecule has 0 spiro atoms. The third kappa shape index (κ3) is 4.41. The van der Waals surface area contributed by atoms with Crippen molar-refractivity contribution in [3.63, 3.8) is 0 Å². The molecule has 1 fully saturated rings. The standard InChI is InChI=1S/C16H35O2P/c1-5-8-13-19(4,14-9-6-2,15-10-7-3)16-17-11-12-18-16/h16H,5-15H2,1-4H3. The van der Waals surface area contributed by atoms with Gasteiger partial charge in [0.25, 0.3) is 0 Å². The van der Waals surface area contributed by atoms with Gasteiger partial charge in [-0.3, -0.25) is 0 Å². The van der Waals surface area contributed by atoms with Gasteiger partial charge in [0.05, 0.1) is 0 Å². The van der Waals surface area contributed by atoms with Crippen LogP contribution in [0.2, 0.25) is 0 Å². The van der Waals surface area contributed by atoms with Gasteiger partial charge in [0.2, 0.25) is 0 Å². The van der Waals surface area contributed by atoms with E-state index in [4.69, 9.17) is 9.47 Å². The molecular formula is C16H35O2P. The summed E-state index contributed by atoms with van der Waals surface area (Å²) in [6.07, 6.45) is 12.0. The molecule has 0 aromatic rings. The molecule has 1 heterocycles. The van der Waals surface area contributed by atoms with Crippen molar-refractivity contribution in [3.8, 4) is 0 Å². The SMILES string of the molecule is CCCCP(C)(CCCC)(CCCC)C1OCCO1. The Morgan fingerprint density at radius 1 is 0.789 bits per heavy atom. The molecule has 0 bridgehead atoms. The van der Waals surface area contributed by atoms with Gasteiger partial charge in [-0.25, -0.2) is 0 Å². The van der Waals surface area contributed by atoms with E-state index in [1.54, 1.807) is 0 Å². The zero-order chi connectivity index (χ0) is 14.2. The summed E-state index contributed by atoms with van der Waals surface area (Å²) in [6, 6.07) is 0.149. The second-order valence-electron chi connectivity index (χ2n) is 6.71. The Bertz CT molecular complexity index is 225. The third-order valence-corrected chi connectivity index (χ3v) is 11.4. The van der Waals surface area contributed by atoms with E-state index in [1.807, 2.05) is 0 Å². The number of rotatable bonds is 10. The summed E-state index contributed by atoms with van der Waals surface area (Å²) in [5.74, 6) is 0. The molecule has 0 saturated carbocycles. The Labute approximate surface area is 120 Å². The van der Waals surface area contributed by atoms with Crippen LogP contribution in [0.5, 0.6) is 0 Å². The number of hydrogen-bond donors (Lipinski definition) is 0. The summed E-state index contributed by atoms with van der Waals surface area (Å²) in [6.45, 7) is 9.25. The van der Waals surface area contributed by atoms with E-state index < -0.39 is 6.60 Å². The fourth-order valence-corrected chi connectivity index (χ4v) is 9.59. The summed E-state index contributed by atoms with van der Waals surface area (Å²) in [4.78, 5) is 0. The van der Waals surface area contributed by atoms with E-state index in [-0.39, 0.29) is 6.03 Å². The molecule has 0 unspecified atom stereocenters. The molecule has 3 heteroatoms. The van der Waals surface area contributed by atoms with Gasteiger partial charge in [-0.2, -0.15) is 0 Å². The van der Waals surface area contributed by atoms with Gasteiger partial charge >= 0.3 is 120 Å². The van der Waals surface area contributed by atoms with Gasteiger partial charge in [-0.05, 0) is 0 Å². The minimum absolute atomic E-state index is 0.149. The molecule has 0 aromatic heterocycles. The summed E-state index contributed by atoms with van der Waals surface area (Å²) in [5.41, 5.74) is 0. The first-order valence-electron chi connectivity index (χ1n) is 8.32. The Morgan fingerprint density at radius 3 is 1.47 bits per heavy atom. The van der Waals surface area contributed by atoms with Crippen molar-refractivity contribution < 1.29 is 9.47 Å². The summed E-state index contributed by atoms with van der Waals surface area (Å²) < 4.78 is 12.1. The molecular weight excluding hydrogens is 255 g/mol. The van der Waals surface area contributed by atoms with Gasteiger partial charge in [-0.15, -0.1) is 0 Å². The molecule has 1 rings (SSSR count). The predicted molar refractivity (Wildman–Crippen MR) is 87.9 cm³/mol. The summed E-state index contributed by atoms with van der Waals surface area (Å²) >= 11 is 0. The molecule has 1 saturated heterocycles. The van der Waals surface area contributed by atoms with Crippen molar-refractivity contribution in [1.82, 2.24) is 0 Å². The van der Waals surface area contributed by atoms with Crippen molar-refractivity contribution >= 4 is 6.60 Å². The molecule has 0 aliphatic carbocycles. The molecule has 0 radical (unpaired) electrons. The van der Waals surface area contributed by atoms with Crippen molar-refractivity contribution in [1.29, 1.82) is 0 Å². The maximum atomic E-state index is 6.05. The van der Waals surface area contributed by atoms with Crippen LogP contribution in [0.25, 0.3) is 0 Å². The molecule has 1 aliphatic rings. The summed E-state index contributed by atoms with van der Waals surface area (Å²) in [5, 5.41) is 0.